The van der Waals surface area contributed by atoms with Crippen LogP contribution in [-0.4, -0.2) is 28.6 Å². The minimum Gasteiger partial charge on any atom is -0.478 e. The van der Waals surface area contributed by atoms with Crippen molar-refractivity contribution in [1.29, 1.82) is 0 Å². The van der Waals surface area contributed by atoms with E-state index < -0.39 is 5.97 Å². The van der Waals surface area contributed by atoms with Gasteiger partial charge in [0.2, 0.25) is 0 Å². The first-order valence-corrected chi connectivity index (χ1v) is 7.07. The van der Waals surface area contributed by atoms with Crippen LogP contribution in [0.1, 0.15) is 55.2 Å². The molecule has 1 N–H and O–H groups in total. The molecule has 1 heterocycles. The van der Waals surface area contributed by atoms with Crippen molar-refractivity contribution in [3.63, 3.8) is 0 Å². The fourth-order valence-electron chi connectivity index (χ4n) is 2.76. The summed E-state index contributed by atoms with van der Waals surface area (Å²) in [7, 11) is 0. The molecule has 1 aromatic heterocycles. The molecule has 0 fully saturated rings. The fraction of sp³-hybridized carbons (Fsp3) is 0.600. The smallest absolute Gasteiger partial charge is 0.339 e. The zero-order valence-corrected chi connectivity index (χ0v) is 11.9. The Hall–Kier alpha value is -1.58. The fourth-order valence-corrected chi connectivity index (χ4v) is 2.76. The second kappa shape index (κ2) is 5.59. The highest BCUT2D eigenvalue weighted by Gasteiger charge is 2.23. The summed E-state index contributed by atoms with van der Waals surface area (Å²) in [6.07, 6.45) is 4.21. The summed E-state index contributed by atoms with van der Waals surface area (Å²) in [4.78, 5) is 18.2. The minimum atomic E-state index is -0.880. The van der Waals surface area contributed by atoms with Crippen molar-refractivity contribution in [2.45, 2.75) is 52.5 Å². The van der Waals surface area contributed by atoms with Crippen LogP contribution < -0.4 is 4.90 Å². The first-order valence-electron chi connectivity index (χ1n) is 7.07. The lowest BCUT2D eigenvalue weighted by molar-refractivity contribution is 0.0697. The molecule has 0 aromatic carbocycles. The van der Waals surface area contributed by atoms with Gasteiger partial charge in [0.05, 0.1) is 0 Å². The third kappa shape index (κ3) is 2.72. The molecule has 0 aliphatic heterocycles. The Morgan fingerprint density at radius 3 is 2.68 bits per heavy atom. The molecule has 0 saturated carbocycles. The van der Waals surface area contributed by atoms with E-state index >= 15 is 0 Å². The predicted molar refractivity (Wildman–Crippen MR) is 76.0 cm³/mol. The molecule has 19 heavy (non-hydrogen) atoms. The maximum Gasteiger partial charge on any atom is 0.339 e. The standard InChI is InChI=1S/C15H22N2O2/c1-4-17(10(2)3)14-12(15(18)19)9-11-7-5-6-8-13(11)16-14/h9-10H,4-8H2,1-3H3,(H,18,19). The maximum absolute atomic E-state index is 11.5. The second-order valence-electron chi connectivity index (χ2n) is 5.36. The molecule has 0 amide bonds. The topological polar surface area (TPSA) is 53.4 Å². The number of hydrogen-bond acceptors (Lipinski definition) is 3. The van der Waals surface area contributed by atoms with Crippen LogP contribution in [0.3, 0.4) is 0 Å². The van der Waals surface area contributed by atoms with Gasteiger partial charge in [0.15, 0.2) is 0 Å². The summed E-state index contributed by atoms with van der Waals surface area (Å²) in [5.41, 5.74) is 2.55. The molecule has 1 aromatic rings. The van der Waals surface area contributed by atoms with Crippen molar-refractivity contribution in [2.75, 3.05) is 11.4 Å². The number of anilines is 1. The molecule has 0 unspecified atom stereocenters. The third-order valence-corrected chi connectivity index (χ3v) is 3.75. The highest BCUT2D eigenvalue weighted by molar-refractivity contribution is 5.93. The Kier molecular flexibility index (Phi) is 4.08. The molecular formula is C15H22N2O2. The van der Waals surface area contributed by atoms with E-state index in [2.05, 4.69) is 23.7 Å². The van der Waals surface area contributed by atoms with Gasteiger partial charge in [0.1, 0.15) is 11.4 Å². The number of nitrogens with zero attached hydrogens (tertiary/aromatic N) is 2. The minimum absolute atomic E-state index is 0.247. The quantitative estimate of drug-likeness (QED) is 0.906. The Labute approximate surface area is 114 Å². The lowest BCUT2D eigenvalue weighted by atomic mass is 9.94. The molecule has 0 spiro atoms. The van der Waals surface area contributed by atoms with Gasteiger partial charge >= 0.3 is 5.97 Å². The average Bonchev–Trinajstić information content (AvgIpc) is 2.38. The summed E-state index contributed by atoms with van der Waals surface area (Å²) in [5.74, 6) is -0.249. The lowest BCUT2D eigenvalue weighted by Crippen LogP contribution is -2.33. The van der Waals surface area contributed by atoms with Crippen LogP contribution in [0.25, 0.3) is 0 Å². The van der Waals surface area contributed by atoms with Crippen LogP contribution in [0, 0.1) is 0 Å². The normalized spacial score (nSPS) is 14.3. The van der Waals surface area contributed by atoms with Crippen molar-refractivity contribution >= 4 is 11.8 Å². The summed E-state index contributed by atoms with van der Waals surface area (Å²) < 4.78 is 0. The summed E-state index contributed by atoms with van der Waals surface area (Å²) >= 11 is 0. The van der Waals surface area contributed by atoms with Crippen LogP contribution in [0.15, 0.2) is 6.07 Å². The number of pyridine rings is 1. The summed E-state index contributed by atoms with van der Waals surface area (Å²) in [5, 5.41) is 9.43. The van der Waals surface area contributed by atoms with Crippen LogP contribution in [0.4, 0.5) is 5.82 Å². The average molecular weight is 262 g/mol. The van der Waals surface area contributed by atoms with Gasteiger partial charge in [-0.05, 0) is 58.1 Å². The van der Waals surface area contributed by atoms with Gasteiger partial charge < -0.3 is 10.0 Å². The van der Waals surface area contributed by atoms with Crippen molar-refractivity contribution in [3.8, 4) is 0 Å². The number of hydrogen-bond donors (Lipinski definition) is 1. The van der Waals surface area contributed by atoms with Crippen molar-refractivity contribution < 1.29 is 9.90 Å². The highest BCUT2D eigenvalue weighted by atomic mass is 16.4. The summed E-state index contributed by atoms with van der Waals surface area (Å²) in [6, 6.07) is 2.08. The molecule has 0 radical (unpaired) electrons. The van der Waals surface area contributed by atoms with Crippen molar-refractivity contribution in [2.24, 2.45) is 0 Å². The number of aromatic carboxylic acids is 1. The first kappa shape index (κ1) is 13.8. The van der Waals surface area contributed by atoms with Crippen LogP contribution in [0.2, 0.25) is 0 Å². The van der Waals surface area contributed by atoms with Gasteiger partial charge in [0.25, 0.3) is 0 Å². The molecule has 1 aliphatic carbocycles. The number of fused-ring (bicyclic) bond motifs is 1. The molecule has 4 heteroatoms. The SMILES string of the molecule is CCN(c1nc2c(cc1C(=O)O)CCCC2)C(C)C. The molecule has 4 nitrogen and oxygen atoms in total. The molecule has 0 saturated heterocycles. The van der Waals surface area contributed by atoms with E-state index in [4.69, 9.17) is 0 Å². The Morgan fingerprint density at radius 2 is 2.11 bits per heavy atom. The Balaban J connectivity index is 2.53. The van der Waals surface area contributed by atoms with Crippen LogP contribution in [0.5, 0.6) is 0 Å². The van der Waals surface area contributed by atoms with E-state index in [-0.39, 0.29) is 6.04 Å². The van der Waals surface area contributed by atoms with E-state index in [0.29, 0.717) is 11.4 Å². The van der Waals surface area contributed by atoms with Gasteiger partial charge in [-0.15, -0.1) is 0 Å². The monoisotopic (exact) mass is 262 g/mol. The number of carboxylic acids is 1. The molecule has 0 bridgehead atoms. The maximum atomic E-state index is 11.5. The third-order valence-electron chi connectivity index (χ3n) is 3.75. The zero-order chi connectivity index (χ0) is 14.0. The second-order valence-corrected chi connectivity index (χ2v) is 5.36. The van der Waals surface area contributed by atoms with E-state index in [9.17, 15) is 9.90 Å². The number of rotatable bonds is 4. The van der Waals surface area contributed by atoms with Gasteiger partial charge in [-0.3, -0.25) is 0 Å². The Bertz CT molecular complexity index is 483. The van der Waals surface area contributed by atoms with E-state index in [1.54, 1.807) is 0 Å². The van der Waals surface area contributed by atoms with Gasteiger partial charge in [0, 0.05) is 18.3 Å². The molecule has 104 valence electrons. The molecule has 2 rings (SSSR count). The zero-order valence-electron chi connectivity index (χ0n) is 11.9. The van der Waals surface area contributed by atoms with E-state index in [1.807, 2.05) is 13.0 Å². The number of carbonyl (C=O) groups is 1. The molecular weight excluding hydrogens is 240 g/mol. The molecule has 1 aliphatic rings. The Morgan fingerprint density at radius 1 is 1.42 bits per heavy atom. The van der Waals surface area contributed by atoms with E-state index in [1.165, 1.54) is 0 Å². The lowest BCUT2D eigenvalue weighted by Gasteiger charge is -2.29. The van der Waals surface area contributed by atoms with E-state index in [0.717, 1.165) is 43.5 Å². The summed E-state index contributed by atoms with van der Waals surface area (Å²) in [6.45, 7) is 6.93. The van der Waals surface area contributed by atoms with Crippen LogP contribution >= 0.6 is 0 Å². The van der Waals surface area contributed by atoms with Gasteiger partial charge in [-0.2, -0.15) is 0 Å². The van der Waals surface area contributed by atoms with Crippen LogP contribution in [-0.2, 0) is 12.8 Å². The largest absolute Gasteiger partial charge is 0.478 e. The number of carboxylic acid groups (broad SMARTS) is 1. The predicted octanol–water partition coefficient (Wildman–Crippen LogP) is 2.89. The van der Waals surface area contributed by atoms with Gasteiger partial charge in [-0.25, -0.2) is 9.78 Å². The van der Waals surface area contributed by atoms with Gasteiger partial charge in [-0.1, -0.05) is 0 Å². The van der Waals surface area contributed by atoms with Crippen molar-refractivity contribution in [3.05, 3.63) is 22.9 Å². The molecule has 0 atom stereocenters. The number of aryl methyl sites for hydroxylation is 2. The highest BCUT2D eigenvalue weighted by Crippen LogP contribution is 2.27. The first-order chi connectivity index (χ1) is 9.04. The van der Waals surface area contributed by atoms with Crippen molar-refractivity contribution in [1.82, 2.24) is 4.98 Å². The number of aromatic nitrogens is 1.